The number of aryl methyl sites for hydroxylation is 1. The lowest BCUT2D eigenvalue weighted by atomic mass is 10.2. The van der Waals surface area contributed by atoms with Crippen molar-refractivity contribution < 1.29 is 4.79 Å². The SMILES string of the molecule is Cc1cc(NCCCC(=O)NC2CC2)ncc1N. The van der Waals surface area contributed by atoms with Gasteiger partial charge in [-0.25, -0.2) is 4.98 Å². The van der Waals surface area contributed by atoms with E-state index in [0.717, 1.165) is 37.2 Å². The van der Waals surface area contributed by atoms with E-state index in [-0.39, 0.29) is 5.91 Å². The summed E-state index contributed by atoms with van der Waals surface area (Å²) in [6, 6.07) is 2.37. The van der Waals surface area contributed by atoms with Crippen molar-refractivity contribution in [1.29, 1.82) is 0 Å². The molecule has 1 aliphatic carbocycles. The Balaban J connectivity index is 1.64. The molecular weight excluding hydrogens is 228 g/mol. The van der Waals surface area contributed by atoms with Crippen LogP contribution in [0.3, 0.4) is 0 Å². The number of nitrogen functional groups attached to an aromatic ring is 1. The number of amides is 1. The first-order valence-corrected chi connectivity index (χ1v) is 6.40. The zero-order valence-corrected chi connectivity index (χ0v) is 10.7. The van der Waals surface area contributed by atoms with Crippen molar-refractivity contribution in [2.75, 3.05) is 17.6 Å². The van der Waals surface area contributed by atoms with Crippen LogP contribution in [0.5, 0.6) is 0 Å². The summed E-state index contributed by atoms with van der Waals surface area (Å²) in [5, 5.41) is 6.16. The van der Waals surface area contributed by atoms with Gasteiger partial charge in [0.1, 0.15) is 5.82 Å². The van der Waals surface area contributed by atoms with E-state index in [0.29, 0.717) is 18.2 Å². The molecule has 0 spiro atoms. The highest BCUT2D eigenvalue weighted by Crippen LogP contribution is 2.18. The van der Waals surface area contributed by atoms with Gasteiger partial charge in [-0.2, -0.15) is 0 Å². The molecule has 1 aromatic rings. The summed E-state index contributed by atoms with van der Waals surface area (Å²) in [6.07, 6.45) is 5.30. The minimum Gasteiger partial charge on any atom is -0.397 e. The van der Waals surface area contributed by atoms with Gasteiger partial charge in [-0.15, -0.1) is 0 Å². The molecule has 4 N–H and O–H groups in total. The predicted molar refractivity (Wildman–Crippen MR) is 72.3 cm³/mol. The van der Waals surface area contributed by atoms with Gasteiger partial charge in [0.2, 0.25) is 5.91 Å². The van der Waals surface area contributed by atoms with Gasteiger partial charge in [-0.1, -0.05) is 0 Å². The Kier molecular flexibility index (Phi) is 4.02. The van der Waals surface area contributed by atoms with Crippen molar-refractivity contribution in [3.8, 4) is 0 Å². The van der Waals surface area contributed by atoms with Crippen molar-refractivity contribution in [1.82, 2.24) is 10.3 Å². The first kappa shape index (κ1) is 12.7. The molecule has 1 aliphatic rings. The lowest BCUT2D eigenvalue weighted by molar-refractivity contribution is -0.121. The molecular formula is C13H20N4O. The van der Waals surface area contributed by atoms with Gasteiger partial charge in [0.25, 0.3) is 0 Å². The van der Waals surface area contributed by atoms with Gasteiger partial charge in [-0.3, -0.25) is 4.79 Å². The van der Waals surface area contributed by atoms with E-state index in [1.807, 2.05) is 13.0 Å². The van der Waals surface area contributed by atoms with E-state index in [1.165, 1.54) is 0 Å². The number of rotatable bonds is 6. The molecule has 18 heavy (non-hydrogen) atoms. The van der Waals surface area contributed by atoms with E-state index in [4.69, 9.17) is 5.73 Å². The summed E-state index contributed by atoms with van der Waals surface area (Å²) < 4.78 is 0. The Hall–Kier alpha value is -1.78. The number of aromatic nitrogens is 1. The number of nitrogens with zero attached hydrogens (tertiary/aromatic N) is 1. The van der Waals surface area contributed by atoms with Crippen LogP contribution in [0.2, 0.25) is 0 Å². The van der Waals surface area contributed by atoms with Crippen LogP contribution in [-0.4, -0.2) is 23.5 Å². The highest BCUT2D eigenvalue weighted by atomic mass is 16.1. The molecule has 0 aromatic carbocycles. The first-order valence-electron chi connectivity index (χ1n) is 6.40. The number of carbonyl (C=O) groups is 1. The highest BCUT2D eigenvalue weighted by molar-refractivity contribution is 5.76. The Morgan fingerprint density at radius 3 is 3.00 bits per heavy atom. The number of carbonyl (C=O) groups excluding carboxylic acids is 1. The minimum atomic E-state index is 0.153. The quantitative estimate of drug-likeness (QED) is 0.666. The molecule has 1 saturated carbocycles. The molecule has 0 unspecified atom stereocenters. The molecule has 1 fully saturated rings. The maximum absolute atomic E-state index is 11.4. The molecule has 1 aromatic heterocycles. The van der Waals surface area contributed by atoms with Crippen molar-refractivity contribution in [3.63, 3.8) is 0 Å². The number of nitrogens with one attached hydrogen (secondary N) is 2. The maximum Gasteiger partial charge on any atom is 0.220 e. The average Bonchev–Trinajstić information content (AvgIpc) is 3.13. The fourth-order valence-corrected chi connectivity index (χ4v) is 1.66. The smallest absolute Gasteiger partial charge is 0.220 e. The van der Waals surface area contributed by atoms with Gasteiger partial charge in [0, 0.05) is 19.0 Å². The molecule has 0 radical (unpaired) electrons. The number of pyridine rings is 1. The summed E-state index contributed by atoms with van der Waals surface area (Å²) in [5.41, 5.74) is 7.40. The van der Waals surface area contributed by atoms with Gasteiger partial charge in [0.15, 0.2) is 0 Å². The Morgan fingerprint density at radius 2 is 2.33 bits per heavy atom. The first-order chi connectivity index (χ1) is 8.65. The summed E-state index contributed by atoms with van der Waals surface area (Å²) in [5.74, 6) is 0.963. The van der Waals surface area contributed by atoms with Gasteiger partial charge in [0.05, 0.1) is 11.9 Å². The third kappa shape index (κ3) is 3.91. The van der Waals surface area contributed by atoms with Gasteiger partial charge in [-0.05, 0) is 37.8 Å². The van der Waals surface area contributed by atoms with Crippen LogP contribution in [0.25, 0.3) is 0 Å². The number of nitrogens with two attached hydrogens (primary N) is 1. The molecule has 5 nitrogen and oxygen atoms in total. The van der Waals surface area contributed by atoms with Crippen LogP contribution in [0.4, 0.5) is 11.5 Å². The van der Waals surface area contributed by atoms with Crippen molar-refractivity contribution in [2.45, 2.75) is 38.6 Å². The fraction of sp³-hybridized carbons (Fsp3) is 0.538. The van der Waals surface area contributed by atoms with Crippen LogP contribution < -0.4 is 16.4 Å². The maximum atomic E-state index is 11.4. The summed E-state index contributed by atoms with van der Waals surface area (Å²) in [6.45, 7) is 2.69. The largest absolute Gasteiger partial charge is 0.397 e. The number of anilines is 2. The summed E-state index contributed by atoms with van der Waals surface area (Å²) in [7, 11) is 0. The van der Waals surface area contributed by atoms with E-state index < -0.39 is 0 Å². The highest BCUT2D eigenvalue weighted by Gasteiger charge is 2.22. The van der Waals surface area contributed by atoms with Crippen LogP contribution in [-0.2, 0) is 4.79 Å². The molecule has 0 atom stereocenters. The Morgan fingerprint density at radius 1 is 1.56 bits per heavy atom. The summed E-state index contributed by atoms with van der Waals surface area (Å²) in [4.78, 5) is 15.6. The molecule has 1 heterocycles. The second-order valence-electron chi connectivity index (χ2n) is 4.80. The van der Waals surface area contributed by atoms with E-state index in [1.54, 1.807) is 6.20 Å². The zero-order valence-electron chi connectivity index (χ0n) is 10.7. The van der Waals surface area contributed by atoms with Crippen LogP contribution >= 0.6 is 0 Å². The number of hydrogen-bond donors (Lipinski definition) is 3. The Bertz CT molecular complexity index is 429. The molecule has 5 heteroatoms. The average molecular weight is 248 g/mol. The third-order valence-electron chi connectivity index (χ3n) is 2.98. The van der Waals surface area contributed by atoms with Gasteiger partial charge >= 0.3 is 0 Å². The predicted octanol–water partition coefficient (Wildman–Crippen LogP) is 1.44. The van der Waals surface area contributed by atoms with Gasteiger partial charge < -0.3 is 16.4 Å². The standard InChI is InChI=1S/C13H20N4O/c1-9-7-12(16-8-11(9)14)15-6-2-3-13(18)17-10-4-5-10/h7-8,10H,2-6,14H2,1H3,(H,15,16)(H,17,18). The lowest BCUT2D eigenvalue weighted by Gasteiger charge is -2.07. The molecule has 98 valence electrons. The number of hydrogen-bond acceptors (Lipinski definition) is 4. The summed E-state index contributed by atoms with van der Waals surface area (Å²) >= 11 is 0. The van der Waals surface area contributed by atoms with Crippen molar-refractivity contribution >= 4 is 17.4 Å². The monoisotopic (exact) mass is 248 g/mol. The molecule has 0 aliphatic heterocycles. The topological polar surface area (TPSA) is 80.0 Å². The van der Waals surface area contributed by atoms with Crippen molar-refractivity contribution in [2.24, 2.45) is 0 Å². The zero-order chi connectivity index (χ0) is 13.0. The van der Waals surface area contributed by atoms with Crippen LogP contribution in [0.1, 0.15) is 31.2 Å². The van der Waals surface area contributed by atoms with E-state index in [2.05, 4.69) is 15.6 Å². The second kappa shape index (κ2) is 5.71. The fourth-order valence-electron chi connectivity index (χ4n) is 1.66. The molecule has 0 saturated heterocycles. The lowest BCUT2D eigenvalue weighted by Crippen LogP contribution is -2.25. The molecule has 0 bridgehead atoms. The van der Waals surface area contributed by atoms with Crippen LogP contribution in [0, 0.1) is 6.92 Å². The van der Waals surface area contributed by atoms with E-state index >= 15 is 0 Å². The van der Waals surface area contributed by atoms with E-state index in [9.17, 15) is 4.79 Å². The third-order valence-corrected chi connectivity index (χ3v) is 2.98. The Labute approximate surface area is 107 Å². The normalized spacial score (nSPS) is 14.3. The minimum absolute atomic E-state index is 0.153. The van der Waals surface area contributed by atoms with Crippen molar-refractivity contribution in [3.05, 3.63) is 17.8 Å². The second-order valence-corrected chi connectivity index (χ2v) is 4.80. The van der Waals surface area contributed by atoms with Crippen LogP contribution in [0.15, 0.2) is 12.3 Å². The molecule has 1 amide bonds. The molecule has 2 rings (SSSR count).